The summed E-state index contributed by atoms with van der Waals surface area (Å²) < 4.78 is 30.2. The number of aromatic amines is 1. The molecule has 37 heavy (non-hydrogen) atoms. The lowest BCUT2D eigenvalue weighted by molar-refractivity contribution is 0.0785. The number of methoxy groups -OCH3 is 2. The Kier molecular flexibility index (Phi) is 8.15. The molecular weight excluding hydrogens is 498 g/mol. The third kappa shape index (κ3) is 5.20. The fourth-order valence-electron chi connectivity index (χ4n) is 4.79. The second-order valence-corrected chi connectivity index (χ2v) is 9.34. The smallest absolute Gasteiger partial charge is 0.264 e. The number of ether oxygens (including phenoxy) is 3. The van der Waals surface area contributed by atoms with Gasteiger partial charge in [-0.05, 0) is 48.5 Å². The van der Waals surface area contributed by atoms with Crippen molar-refractivity contribution in [1.29, 1.82) is 0 Å². The van der Waals surface area contributed by atoms with Gasteiger partial charge in [-0.3, -0.25) is 9.59 Å². The number of carbonyl (C=O) groups excluding carboxylic acids is 1. The van der Waals surface area contributed by atoms with Crippen LogP contribution in [0.5, 0.6) is 17.2 Å². The number of hydrogen-bond acceptors (Lipinski definition) is 6. The van der Waals surface area contributed by atoms with Crippen molar-refractivity contribution in [2.75, 3.05) is 33.9 Å². The molecule has 0 spiro atoms. The van der Waals surface area contributed by atoms with E-state index in [1.54, 1.807) is 24.3 Å². The molecule has 0 aliphatic carbocycles. The van der Waals surface area contributed by atoms with Gasteiger partial charge in [0.2, 0.25) is 0 Å². The first-order valence-corrected chi connectivity index (χ1v) is 12.5. The van der Waals surface area contributed by atoms with Crippen LogP contribution in [0.25, 0.3) is 11.1 Å². The molecule has 2 N–H and O–H groups in total. The summed E-state index contributed by atoms with van der Waals surface area (Å²) in [6.07, 6.45) is 0.646. The lowest BCUT2D eigenvalue weighted by atomic mass is 9.97. The molecule has 0 saturated carbocycles. The molecule has 1 aliphatic rings. The molecule has 2 aromatic carbocycles. The summed E-state index contributed by atoms with van der Waals surface area (Å²) in [5, 5.41) is 12.2. The van der Waals surface area contributed by atoms with E-state index in [0.29, 0.717) is 48.9 Å². The molecule has 196 valence electrons. The minimum Gasteiger partial charge on any atom is -0.506 e. The molecule has 3 aromatic rings. The average molecular weight is 529 g/mol. The highest BCUT2D eigenvalue weighted by Crippen LogP contribution is 2.45. The summed E-state index contributed by atoms with van der Waals surface area (Å²) in [7, 11) is 5.49. The highest BCUT2D eigenvalue weighted by molar-refractivity contribution is 7.27. The van der Waals surface area contributed by atoms with Crippen LogP contribution in [0, 0.1) is 5.82 Å². The summed E-state index contributed by atoms with van der Waals surface area (Å²) in [6, 6.07) is 9.68. The van der Waals surface area contributed by atoms with E-state index in [2.05, 4.69) is 14.2 Å². The molecular formula is C27H30FN2O6P. The molecule has 1 aliphatic heterocycles. The van der Waals surface area contributed by atoms with Crippen molar-refractivity contribution >= 4 is 20.5 Å². The molecule has 0 radical (unpaired) electrons. The Morgan fingerprint density at radius 2 is 1.89 bits per heavy atom. The lowest BCUT2D eigenvalue weighted by Crippen LogP contribution is -2.34. The Labute approximate surface area is 216 Å². The molecule has 0 bridgehead atoms. The van der Waals surface area contributed by atoms with Crippen LogP contribution in [-0.2, 0) is 11.3 Å². The van der Waals surface area contributed by atoms with Crippen molar-refractivity contribution in [3.05, 3.63) is 69.4 Å². The molecule has 2 atom stereocenters. The van der Waals surface area contributed by atoms with Gasteiger partial charge in [0.15, 0.2) is 0 Å². The Hall–Kier alpha value is -3.42. The minimum atomic E-state index is -0.716. The molecule has 2 unspecified atom stereocenters. The summed E-state index contributed by atoms with van der Waals surface area (Å²) in [4.78, 5) is 31.0. The molecule has 10 heteroatoms. The number of aromatic nitrogens is 1. The van der Waals surface area contributed by atoms with Gasteiger partial charge in [-0.15, -0.1) is 9.24 Å². The maximum atomic E-state index is 13.6. The summed E-state index contributed by atoms with van der Waals surface area (Å²) >= 11 is 0. The number of benzene rings is 2. The van der Waals surface area contributed by atoms with Gasteiger partial charge in [0.05, 0.1) is 37.6 Å². The van der Waals surface area contributed by atoms with Crippen LogP contribution < -0.4 is 20.3 Å². The zero-order valence-corrected chi connectivity index (χ0v) is 22.1. The van der Waals surface area contributed by atoms with Crippen molar-refractivity contribution in [3.8, 4) is 28.4 Å². The van der Waals surface area contributed by atoms with E-state index in [-0.39, 0.29) is 29.5 Å². The van der Waals surface area contributed by atoms with Gasteiger partial charge in [-0.1, -0.05) is 12.1 Å². The Bertz CT molecular complexity index is 1350. The third-order valence-electron chi connectivity index (χ3n) is 6.57. The zero-order valence-electron chi connectivity index (χ0n) is 21.0. The van der Waals surface area contributed by atoms with Crippen LogP contribution in [0.4, 0.5) is 4.39 Å². The molecule has 1 fully saturated rings. The van der Waals surface area contributed by atoms with Gasteiger partial charge < -0.3 is 29.2 Å². The van der Waals surface area contributed by atoms with Crippen molar-refractivity contribution in [2.24, 2.45) is 0 Å². The lowest BCUT2D eigenvalue weighted by Gasteiger charge is -2.21. The van der Waals surface area contributed by atoms with Crippen LogP contribution in [0.3, 0.4) is 0 Å². The number of carbonyl (C=O) groups is 1. The number of H-pyrrole nitrogens is 1. The maximum absolute atomic E-state index is 13.6. The summed E-state index contributed by atoms with van der Waals surface area (Å²) in [6.45, 7) is 2.90. The zero-order chi connectivity index (χ0) is 26.7. The fourth-order valence-corrected chi connectivity index (χ4v) is 5.28. The number of hydrogen-bond donors (Lipinski definition) is 2. The van der Waals surface area contributed by atoms with E-state index < -0.39 is 17.2 Å². The number of halogens is 1. The van der Waals surface area contributed by atoms with E-state index in [0.717, 1.165) is 10.9 Å². The second kappa shape index (κ2) is 11.3. The number of amides is 1. The van der Waals surface area contributed by atoms with Crippen molar-refractivity contribution in [1.82, 2.24) is 9.88 Å². The predicted molar refractivity (Wildman–Crippen MR) is 142 cm³/mol. The topological polar surface area (TPSA) is 101 Å². The average Bonchev–Trinajstić information content (AvgIpc) is 3.37. The van der Waals surface area contributed by atoms with Crippen molar-refractivity contribution in [3.63, 3.8) is 0 Å². The monoisotopic (exact) mass is 528 g/mol. The Morgan fingerprint density at radius 3 is 2.51 bits per heavy atom. The minimum absolute atomic E-state index is 0.00238. The molecule has 1 amide bonds. The van der Waals surface area contributed by atoms with Gasteiger partial charge in [0.25, 0.3) is 11.5 Å². The van der Waals surface area contributed by atoms with E-state index in [9.17, 15) is 19.1 Å². The first-order chi connectivity index (χ1) is 17.8. The molecule has 1 saturated heterocycles. The van der Waals surface area contributed by atoms with Crippen LogP contribution in [0.1, 0.15) is 40.9 Å². The van der Waals surface area contributed by atoms with Crippen LogP contribution >= 0.6 is 9.24 Å². The number of likely N-dealkylation sites (tertiary alicyclic amines) is 1. The van der Waals surface area contributed by atoms with Crippen molar-refractivity contribution < 1.29 is 28.5 Å². The van der Waals surface area contributed by atoms with E-state index in [1.807, 2.05) is 6.92 Å². The SMILES string of the molecule is CCOCc1[nH]c(=O)c(C(=O)N2CCC(c3ccc(F)cc3P)C2)c(O)c1-c1c(OC)cccc1OC. The van der Waals surface area contributed by atoms with Gasteiger partial charge in [-0.25, -0.2) is 4.39 Å². The van der Waals surface area contributed by atoms with Crippen LogP contribution in [0.2, 0.25) is 0 Å². The van der Waals surface area contributed by atoms with Crippen LogP contribution in [0.15, 0.2) is 41.2 Å². The molecule has 1 aromatic heterocycles. The second-order valence-electron chi connectivity index (χ2n) is 8.72. The van der Waals surface area contributed by atoms with E-state index in [4.69, 9.17) is 14.2 Å². The third-order valence-corrected chi connectivity index (χ3v) is 7.07. The normalized spacial score (nSPS) is 15.2. The first-order valence-electron chi connectivity index (χ1n) is 11.9. The standard InChI is InChI=1S/C27H30FN2O6P/c1-4-36-14-18-22(23-19(34-2)6-5-7-20(23)35-3)25(31)24(26(32)29-18)27(33)30-11-10-15(13-30)17-9-8-16(28)12-21(17)37/h5-9,12,15H,4,10-11,13-14,37H2,1-3H3,(H2,29,31,32). The van der Waals surface area contributed by atoms with Gasteiger partial charge in [0, 0.05) is 25.6 Å². The van der Waals surface area contributed by atoms with E-state index in [1.165, 1.54) is 31.3 Å². The quantitative estimate of drug-likeness (QED) is 0.434. The number of aromatic hydroxyl groups is 1. The fraction of sp³-hybridized carbons (Fsp3) is 0.333. The predicted octanol–water partition coefficient (Wildman–Crippen LogP) is 3.57. The number of rotatable bonds is 8. The van der Waals surface area contributed by atoms with Gasteiger partial charge in [0.1, 0.15) is 28.6 Å². The number of nitrogens with one attached hydrogen (secondary N) is 1. The summed E-state index contributed by atoms with van der Waals surface area (Å²) in [5.41, 5.74) is 0.727. The molecule has 4 rings (SSSR count). The molecule has 8 nitrogen and oxygen atoms in total. The number of pyridine rings is 1. The van der Waals surface area contributed by atoms with E-state index >= 15 is 0 Å². The van der Waals surface area contributed by atoms with Crippen LogP contribution in [-0.4, -0.2) is 54.8 Å². The van der Waals surface area contributed by atoms with Gasteiger partial charge >= 0.3 is 0 Å². The maximum Gasteiger partial charge on any atom is 0.264 e. The largest absolute Gasteiger partial charge is 0.506 e. The number of nitrogens with zero attached hydrogens (tertiary/aromatic N) is 1. The Balaban J connectivity index is 1.78. The Morgan fingerprint density at radius 1 is 1.19 bits per heavy atom. The van der Waals surface area contributed by atoms with Crippen molar-refractivity contribution in [2.45, 2.75) is 25.9 Å². The highest BCUT2D eigenvalue weighted by atomic mass is 31.0. The molecule has 2 heterocycles. The van der Waals surface area contributed by atoms with Gasteiger partial charge in [-0.2, -0.15) is 0 Å². The summed E-state index contributed by atoms with van der Waals surface area (Å²) in [5.74, 6) is -0.631. The highest BCUT2D eigenvalue weighted by Gasteiger charge is 2.34. The first kappa shape index (κ1) is 26.6.